The zero-order valence-corrected chi connectivity index (χ0v) is 14.0. The van der Waals surface area contributed by atoms with Crippen LogP contribution in [0, 0.1) is 6.92 Å². The number of aryl methyl sites for hydroxylation is 1. The Labute approximate surface area is 135 Å². The van der Waals surface area contributed by atoms with E-state index in [1.165, 1.54) is 9.75 Å². The third-order valence-electron chi connectivity index (χ3n) is 3.74. The van der Waals surface area contributed by atoms with E-state index in [-0.39, 0.29) is 12.1 Å². The van der Waals surface area contributed by atoms with E-state index in [1.807, 2.05) is 29.7 Å². The molecular formula is C16H19N3S2. The summed E-state index contributed by atoms with van der Waals surface area (Å²) in [5.74, 6) is 0. The predicted molar refractivity (Wildman–Crippen MR) is 91.5 cm³/mol. The van der Waals surface area contributed by atoms with Gasteiger partial charge < -0.3 is 10.2 Å². The van der Waals surface area contributed by atoms with Crippen LogP contribution in [0.5, 0.6) is 0 Å². The second-order valence-electron chi connectivity index (χ2n) is 5.58. The summed E-state index contributed by atoms with van der Waals surface area (Å²) < 4.78 is 0. The number of thiophene rings is 1. The molecule has 110 valence electrons. The number of nitrogens with zero attached hydrogens (tertiary/aromatic N) is 2. The van der Waals surface area contributed by atoms with Gasteiger partial charge in [0, 0.05) is 22.0 Å². The van der Waals surface area contributed by atoms with Crippen molar-refractivity contribution in [3.05, 3.63) is 52.0 Å². The standard InChI is InChI=1S/C16H19N3S2/c1-10(2)19-15(13-8-7-11(3)21-13)14(18-16(19)20)12-6-4-5-9-17-12/h4-10,14-15H,1-3H3,(H,18,20)/t14-,15+/m1/s1. The highest BCUT2D eigenvalue weighted by Gasteiger charge is 2.41. The lowest BCUT2D eigenvalue weighted by molar-refractivity contribution is 0.273. The number of thiocarbonyl (C=S) groups is 1. The van der Waals surface area contributed by atoms with Gasteiger partial charge in [-0.05, 0) is 57.3 Å². The summed E-state index contributed by atoms with van der Waals surface area (Å²) in [5, 5.41) is 4.28. The topological polar surface area (TPSA) is 28.2 Å². The lowest BCUT2D eigenvalue weighted by atomic mass is 10.0. The predicted octanol–water partition coefficient (Wildman–Crippen LogP) is 3.83. The minimum Gasteiger partial charge on any atom is -0.352 e. The minimum atomic E-state index is 0.110. The molecule has 3 nitrogen and oxygen atoms in total. The van der Waals surface area contributed by atoms with E-state index in [0.717, 1.165) is 10.8 Å². The molecule has 2 aromatic rings. The van der Waals surface area contributed by atoms with Crippen molar-refractivity contribution < 1.29 is 0 Å². The number of pyridine rings is 1. The van der Waals surface area contributed by atoms with Gasteiger partial charge >= 0.3 is 0 Å². The van der Waals surface area contributed by atoms with E-state index in [1.54, 1.807) is 0 Å². The molecule has 1 fully saturated rings. The van der Waals surface area contributed by atoms with E-state index in [4.69, 9.17) is 12.2 Å². The van der Waals surface area contributed by atoms with Gasteiger partial charge in [-0.3, -0.25) is 4.98 Å². The summed E-state index contributed by atoms with van der Waals surface area (Å²) in [7, 11) is 0. The number of nitrogens with one attached hydrogen (secondary N) is 1. The first kappa shape index (κ1) is 14.5. The van der Waals surface area contributed by atoms with E-state index in [0.29, 0.717) is 6.04 Å². The molecule has 1 saturated heterocycles. The number of rotatable bonds is 3. The fourth-order valence-electron chi connectivity index (χ4n) is 2.84. The van der Waals surface area contributed by atoms with Crippen LogP contribution in [-0.2, 0) is 0 Å². The highest BCUT2D eigenvalue weighted by molar-refractivity contribution is 7.80. The first-order valence-corrected chi connectivity index (χ1v) is 8.36. The lowest BCUT2D eigenvalue weighted by Gasteiger charge is -2.30. The molecule has 3 heterocycles. The van der Waals surface area contributed by atoms with Crippen molar-refractivity contribution in [2.45, 2.75) is 38.9 Å². The number of aromatic nitrogens is 1. The van der Waals surface area contributed by atoms with Crippen molar-refractivity contribution in [1.82, 2.24) is 15.2 Å². The maximum absolute atomic E-state index is 5.57. The van der Waals surface area contributed by atoms with E-state index in [2.05, 4.69) is 54.2 Å². The first-order valence-electron chi connectivity index (χ1n) is 7.14. The summed E-state index contributed by atoms with van der Waals surface area (Å²) >= 11 is 7.41. The van der Waals surface area contributed by atoms with Crippen molar-refractivity contribution in [1.29, 1.82) is 0 Å². The Balaban J connectivity index is 2.05. The second kappa shape index (κ2) is 5.73. The van der Waals surface area contributed by atoms with Gasteiger partial charge in [0.2, 0.25) is 0 Å². The van der Waals surface area contributed by atoms with Gasteiger partial charge in [-0.25, -0.2) is 0 Å². The molecule has 1 aliphatic rings. The molecule has 5 heteroatoms. The van der Waals surface area contributed by atoms with E-state index < -0.39 is 0 Å². The van der Waals surface area contributed by atoms with Gasteiger partial charge in [0.15, 0.2) is 5.11 Å². The van der Waals surface area contributed by atoms with Crippen molar-refractivity contribution in [3.8, 4) is 0 Å². The monoisotopic (exact) mass is 317 g/mol. The quantitative estimate of drug-likeness (QED) is 0.871. The van der Waals surface area contributed by atoms with E-state index >= 15 is 0 Å². The van der Waals surface area contributed by atoms with Gasteiger partial charge in [-0.15, -0.1) is 11.3 Å². The van der Waals surface area contributed by atoms with Crippen LogP contribution in [0.3, 0.4) is 0 Å². The molecule has 1 N–H and O–H groups in total. The van der Waals surface area contributed by atoms with Gasteiger partial charge in [0.25, 0.3) is 0 Å². The summed E-state index contributed by atoms with van der Waals surface area (Å²) in [4.78, 5) is 9.48. The Morgan fingerprint density at radius 3 is 2.67 bits per heavy atom. The Hall–Kier alpha value is -1.46. The normalized spacial score (nSPS) is 21.9. The maximum Gasteiger partial charge on any atom is 0.170 e. The average Bonchev–Trinajstić information content (AvgIpc) is 3.03. The Morgan fingerprint density at radius 2 is 2.10 bits per heavy atom. The largest absolute Gasteiger partial charge is 0.352 e. The molecular weight excluding hydrogens is 298 g/mol. The van der Waals surface area contributed by atoms with Crippen molar-refractivity contribution >= 4 is 28.7 Å². The zero-order valence-electron chi connectivity index (χ0n) is 12.4. The minimum absolute atomic E-state index is 0.110. The van der Waals surface area contributed by atoms with Crippen LogP contribution in [0.1, 0.15) is 41.4 Å². The van der Waals surface area contributed by atoms with Crippen LogP contribution < -0.4 is 5.32 Å². The zero-order chi connectivity index (χ0) is 15.0. The number of hydrogen-bond acceptors (Lipinski definition) is 3. The maximum atomic E-state index is 5.57. The molecule has 0 spiro atoms. The van der Waals surface area contributed by atoms with Crippen LogP contribution in [0.4, 0.5) is 0 Å². The van der Waals surface area contributed by atoms with Crippen LogP contribution >= 0.6 is 23.6 Å². The highest BCUT2D eigenvalue weighted by atomic mass is 32.1. The molecule has 0 saturated carbocycles. The van der Waals surface area contributed by atoms with E-state index in [9.17, 15) is 0 Å². The van der Waals surface area contributed by atoms with Gasteiger partial charge in [-0.2, -0.15) is 0 Å². The van der Waals surface area contributed by atoms with Gasteiger partial charge in [0.1, 0.15) is 0 Å². The third-order valence-corrected chi connectivity index (χ3v) is 5.14. The average molecular weight is 317 g/mol. The summed E-state index contributed by atoms with van der Waals surface area (Å²) in [6, 6.07) is 11.1. The lowest BCUT2D eigenvalue weighted by Crippen LogP contribution is -2.35. The Bertz CT molecular complexity index is 636. The second-order valence-corrected chi connectivity index (χ2v) is 7.28. The molecule has 0 aliphatic carbocycles. The molecule has 0 amide bonds. The molecule has 21 heavy (non-hydrogen) atoms. The van der Waals surface area contributed by atoms with Gasteiger partial charge in [-0.1, -0.05) is 6.07 Å². The molecule has 0 unspecified atom stereocenters. The van der Waals surface area contributed by atoms with Crippen molar-refractivity contribution in [2.24, 2.45) is 0 Å². The summed E-state index contributed by atoms with van der Waals surface area (Å²) in [6.45, 7) is 6.51. The molecule has 3 rings (SSSR count). The summed E-state index contributed by atoms with van der Waals surface area (Å²) in [5.41, 5.74) is 1.04. The molecule has 2 aromatic heterocycles. The Kier molecular flexibility index (Phi) is 3.95. The van der Waals surface area contributed by atoms with Gasteiger partial charge in [0.05, 0.1) is 17.8 Å². The fourth-order valence-corrected chi connectivity index (χ4v) is 4.30. The summed E-state index contributed by atoms with van der Waals surface area (Å²) in [6.07, 6.45) is 1.84. The molecule has 0 aromatic carbocycles. The third kappa shape index (κ3) is 2.68. The highest BCUT2D eigenvalue weighted by Crippen LogP contribution is 2.42. The van der Waals surface area contributed by atoms with Crippen molar-refractivity contribution in [2.75, 3.05) is 0 Å². The molecule has 1 aliphatic heterocycles. The van der Waals surface area contributed by atoms with Crippen molar-refractivity contribution in [3.63, 3.8) is 0 Å². The smallest absolute Gasteiger partial charge is 0.170 e. The van der Waals surface area contributed by atoms with Crippen LogP contribution in [-0.4, -0.2) is 21.0 Å². The molecule has 0 radical (unpaired) electrons. The first-order chi connectivity index (χ1) is 10.1. The van der Waals surface area contributed by atoms with Crippen LogP contribution in [0.15, 0.2) is 36.5 Å². The molecule has 0 bridgehead atoms. The fraction of sp³-hybridized carbons (Fsp3) is 0.375. The number of hydrogen-bond donors (Lipinski definition) is 1. The van der Waals surface area contributed by atoms with Crippen LogP contribution in [0.25, 0.3) is 0 Å². The van der Waals surface area contributed by atoms with Crippen LogP contribution in [0.2, 0.25) is 0 Å². The Morgan fingerprint density at radius 1 is 1.29 bits per heavy atom. The SMILES string of the molecule is Cc1ccc([C@H]2[C@@H](c3ccccn3)NC(=S)N2C(C)C)s1. The molecule has 2 atom stereocenters.